The summed E-state index contributed by atoms with van der Waals surface area (Å²) in [4.78, 5) is 26.1. The van der Waals surface area contributed by atoms with Crippen molar-refractivity contribution in [3.8, 4) is 5.75 Å². The molecule has 0 unspecified atom stereocenters. The van der Waals surface area contributed by atoms with Crippen LogP contribution in [-0.4, -0.2) is 17.3 Å². The second kappa shape index (κ2) is 5.32. The van der Waals surface area contributed by atoms with Crippen molar-refractivity contribution in [2.24, 2.45) is 10.2 Å². The molecule has 112 valence electrons. The highest BCUT2D eigenvalue weighted by atomic mass is 16.5. The molecule has 8 nitrogen and oxygen atoms in total. The Balaban J connectivity index is 2.06. The molecule has 2 aromatic heterocycles. The fourth-order valence-electron chi connectivity index (χ4n) is 2.06. The van der Waals surface area contributed by atoms with Crippen LogP contribution >= 0.6 is 0 Å². The summed E-state index contributed by atoms with van der Waals surface area (Å²) in [7, 11) is 1.57. The van der Waals surface area contributed by atoms with Gasteiger partial charge in [0, 0.05) is 5.56 Å². The summed E-state index contributed by atoms with van der Waals surface area (Å²) < 4.78 is 9.92. The van der Waals surface area contributed by atoms with Gasteiger partial charge in [-0.05, 0) is 31.2 Å². The first-order valence-electron chi connectivity index (χ1n) is 6.40. The van der Waals surface area contributed by atoms with Crippen LogP contribution in [0, 0.1) is 6.92 Å². The molecule has 0 atom stereocenters. The first-order chi connectivity index (χ1) is 10.6. The largest absolute Gasteiger partial charge is 0.497 e. The Morgan fingerprint density at radius 3 is 2.50 bits per heavy atom. The molecule has 3 aromatic rings. The minimum Gasteiger partial charge on any atom is -0.497 e. The van der Waals surface area contributed by atoms with Crippen LogP contribution in [0.15, 0.2) is 48.6 Å². The highest BCUT2D eigenvalue weighted by molar-refractivity contribution is 5.80. The number of pyridine rings is 1. The molecule has 0 aliphatic heterocycles. The van der Waals surface area contributed by atoms with Crippen LogP contribution in [0.4, 0.5) is 11.4 Å². The summed E-state index contributed by atoms with van der Waals surface area (Å²) in [5.74, 6) is 0.694. The number of ether oxygens (including phenoxy) is 1. The summed E-state index contributed by atoms with van der Waals surface area (Å²) in [6.45, 7) is 1.62. The van der Waals surface area contributed by atoms with Crippen LogP contribution in [0.5, 0.6) is 5.75 Å². The van der Waals surface area contributed by atoms with Crippen molar-refractivity contribution in [2.75, 3.05) is 7.11 Å². The van der Waals surface area contributed by atoms with Crippen molar-refractivity contribution in [1.29, 1.82) is 0 Å². The van der Waals surface area contributed by atoms with Crippen LogP contribution < -0.4 is 15.9 Å². The number of aromatic nitrogens is 2. The quantitative estimate of drug-likeness (QED) is 0.723. The molecule has 0 saturated carbocycles. The van der Waals surface area contributed by atoms with Gasteiger partial charge in [-0.1, -0.05) is 0 Å². The van der Waals surface area contributed by atoms with E-state index >= 15 is 0 Å². The van der Waals surface area contributed by atoms with Crippen molar-refractivity contribution < 1.29 is 9.26 Å². The smallest absolute Gasteiger partial charge is 0.289 e. The number of nitrogens with one attached hydrogen (secondary N) is 2. The number of fused-ring (bicyclic) bond motifs is 1. The Bertz CT molecular complexity index is 963. The van der Waals surface area contributed by atoms with Gasteiger partial charge in [0.05, 0.1) is 12.8 Å². The third kappa shape index (κ3) is 2.30. The molecule has 0 amide bonds. The molecule has 2 heterocycles. The first-order valence-corrected chi connectivity index (χ1v) is 6.40. The predicted molar refractivity (Wildman–Crippen MR) is 79.4 cm³/mol. The molecular weight excluding hydrogens is 288 g/mol. The van der Waals surface area contributed by atoms with E-state index in [4.69, 9.17) is 9.26 Å². The molecule has 8 heteroatoms. The molecule has 0 aliphatic rings. The van der Waals surface area contributed by atoms with Gasteiger partial charge in [-0.3, -0.25) is 14.6 Å². The van der Waals surface area contributed by atoms with Gasteiger partial charge in [0.25, 0.3) is 11.1 Å². The lowest BCUT2D eigenvalue weighted by Crippen LogP contribution is -2.09. The molecule has 0 saturated heterocycles. The number of hydrogen-bond acceptors (Lipinski definition) is 6. The number of methoxy groups -OCH3 is 1. The monoisotopic (exact) mass is 300 g/mol. The summed E-state index contributed by atoms with van der Waals surface area (Å²) in [6.07, 6.45) is 0. The lowest BCUT2D eigenvalue weighted by atomic mass is 10.2. The lowest BCUT2D eigenvalue weighted by Gasteiger charge is -1.99. The van der Waals surface area contributed by atoms with Gasteiger partial charge in [0.1, 0.15) is 11.1 Å². The van der Waals surface area contributed by atoms with E-state index in [-0.39, 0.29) is 16.8 Å². The van der Waals surface area contributed by atoms with Gasteiger partial charge >= 0.3 is 0 Å². The maximum atomic E-state index is 12.0. The maximum absolute atomic E-state index is 12.0. The summed E-state index contributed by atoms with van der Waals surface area (Å²) >= 11 is 0. The molecule has 0 bridgehead atoms. The number of nitrogens with zero attached hydrogens (tertiary/aromatic N) is 2. The predicted octanol–water partition coefficient (Wildman–Crippen LogP) is 2.54. The zero-order valence-corrected chi connectivity index (χ0v) is 11.8. The highest BCUT2D eigenvalue weighted by Gasteiger charge is 2.14. The molecule has 1 aromatic carbocycles. The van der Waals surface area contributed by atoms with E-state index < -0.39 is 11.1 Å². The second-order valence-electron chi connectivity index (χ2n) is 4.56. The highest BCUT2D eigenvalue weighted by Crippen LogP contribution is 2.23. The normalized spacial score (nSPS) is 11.4. The standard InChI is InChI=1S/C14H12N4O4/c1-7-10-12(19)18-22-14(10)15-13(20)11(7)17-16-8-3-5-9(21-2)6-4-8/h3-6H,1-2H3,(H,15,20)(H,18,19). The molecule has 0 aliphatic carbocycles. The molecule has 3 rings (SSSR count). The van der Waals surface area contributed by atoms with Crippen LogP contribution in [0.2, 0.25) is 0 Å². The van der Waals surface area contributed by atoms with E-state index in [0.29, 0.717) is 17.0 Å². The zero-order valence-electron chi connectivity index (χ0n) is 11.8. The topological polar surface area (TPSA) is 113 Å². The lowest BCUT2D eigenvalue weighted by molar-refractivity contribution is 0.415. The van der Waals surface area contributed by atoms with Gasteiger partial charge in [0.15, 0.2) is 5.69 Å². The Morgan fingerprint density at radius 2 is 1.82 bits per heavy atom. The second-order valence-corrected chi connectivity index (χ2v) is 4.56. The SMILES string of the molecule is COc1ccc(N=Nc2c(C)c3c(=O)[nH]oc3[nH]c2=O)cc1. The van der Waals surface area contributed by atoms with Crippen molar-refractivity contribution in [2.45, 2.75) is 6.92 Å². The van der Waals surface area contributed by atoms with Gasteiger partial charge in [-0.2, -0.15) is 10.3 Å². The third-order valence-electron chi connectivity index (χ3n) is 3.21. The van der Waals surface area contributed by atoms with Crippen molar-refractivity contribution in [3.63, 3.8) is 0 Å². The number of aromatic amines is 2. The molecule has 0 fully saturated rings. The van der Waals surface area contributed by atoms with E-state index in [2.05, 4.69) is 20.4 Å². The molecule has 22 heavy (non-hydrogen) atoms. The Morgan fingerprint density at radius 1 is 1.09 bits per heavy atom. The van der Waals surface area contributed by atoms with Crippen LogP contribution in [0.25, 0.3) is 11.1 Å². The fraction of sp³-hybridized carbons (Fsp3) is 0.143. The summed E-state index contributed by atoms with van der Waals surface area (Å²) in [5.41, 5.74) is 0.215. The number of benzene rings is 1. The van der Waals surface area contributed by atoms with Crippen molar-refractivity contribution >= 4 is 22.5 Å². The molecule has 2 N–H and O–H groups in total. The van der Waals surface area contributed by atoms with E-state index in [1.807, 2.05) is 0 Å². The third-order valence-corrected chi connectivity index (χ3v) is 3.21. The van der Waals surface area contributed by atoms with Gasteiger partial charge < -0.3 is 9.26 Å². The van der Waals surface area contributed by atoms with Crippen LogP contribution in [0.3, 0.4) is 0 Å². The maximum Gasteiger partial charge on any atom is 0.289 e. The van der Waals surface area contributed by atoms with Gasteiger partial charge in [-0.15, -0.1) is 5.11 Å². The Labute approximate surface area is 123 Å². The average molecular weight is 300 g/mol. The minimum absolute atomic E-state index is 0.0650. The number of hydrogen-bond donors (Lipinski definition) is 2. The van der Waals surface area contributed by atoms with Crippen LogP contribution in [-0.2, 0) is 0 Å². The number of aryl methyl sites for hydroxylation is 1. The van der Waals surface area contributed by atoms with Crippen LogP contribution in [0.1, 0.15) is 5.56 Å². The van der Waals surface area contributed by atoms with Gasteiger partial charge in [0.2, 0.25) is 5.71 Å². The number of azo groups is 1. The average Bonchev–Trinajstić information content (AvgIpc) is 2.88. The van der Waals surface area contributed by atoms with E-state index in [1.54, 1.807) is 38.3 Å². The number of H-pyrrole nitrogens is 2. The molecular formula is C14H12N4O4. The minimum atomic E-state index is -0.481. The molecule has 0 spiro atoms. The van der Waals surface area contributed by atoms with Crippen molar-refractivity contribution in [1.82, 2.24) is 10.1 Å². The zero-order chi connectivity index (χ0) is 15.7. The van der Waals surface area contributed by atoms with E-state index in [1.165, 1.54) is 0 Å². The Hall–Kier alpha value is -3.16. The van der Waals surface area contributed by atoms with E-state index in [0.717, 1.165) is 0 Å². The fourth-order valence-corrected chi connectivity index (χ4v) is 2.06. The van der Waals surface area contributed by atoms with E-state index in [9.17, 15) is 9.59 Å². The summed E-state index contributed by atoms with van der Waals surface area (Å²) in [5, 5.41) is 10.4. The van der Waals surface area contributed by atoms with Crippen molar-refractivity contribution in [3.05, 3.63) is 50.5 Å². The molecule has 0 radical (unpaired) electrons. The van der Waals surface area contributed by atoms with Gasteiger partial charge in [-0.25, -0.2) is 0 Å². The number of rotatable bonds is 3. The first kappa shape index (κ1) is 13.8. The Kier molecular flexibility index (Phi) is 3.34. The summed E-state index contributed by atoms with van der Waals surface area (Å²) in [6, 6.07) is 6.87.